The summed E-state index contributed by atoms with van der Waals surface area (Å²) in [4.78, 5) is 4.27. The maximum atomic E-state index is 6.32. The summed E-state index contributed by atoms with van der Waals surface area (Å²) in [5.41, 5.74) is 1.05. The van der Waals surface area contributed by atoms with Crippen LogP contribution in [0.3, 0.4) is 0 Å². The molecule has 1 aliphatic heterocycles. The van der Waals surface area contributed by atoms with Crippen molar-refractivity contribution in [3.05, 3.63) is 34.9 Å². The highest BCUT2D eigenvalue weighted by molar-refractivity contribution is 6.31. The van der Waals surface area contributed by atoms with E-state index in [9.17, 15) is 0 Å². The highest BCUT2D eigenvalue weighted by Gasteiger charge is 2.23. The maximum Gasteiger partial charge on any atom is 0.191 e. The number of benzene rings is 1. The largest absolute Gasteiger partial charge is 0.376 e. The quantitative estimate of drug-likeness (QED) is 0.647. The smallest absolute Gasteiger partial charge is 0.191 e. The van der Waals surface area contributed by atoms with Gasteiger partial charge in [-0.1, -0.05) is 43.6 Å². The van der Waals surface area contributed by atoms with Crippen LogP contribution in [0.15, 0.2) is 29.3 Å². The molecule has 1 atom stereocenters. The SMILES string of the molecule is CN=C(NCC1CCCO1)NCC(C)(C)c1ccccc1Cl. The average molecular weight is 324 g/mol. The van der Waals surface area contributed by atoms with Crippen molar-refractivity contribution in [1.82, 2.24) is 10.6 Å². The van der Waals surface area contributed by atoms with Crippen LogP contribution in [-0.2, 0) is 10.2 Å². The third-order valence-electron chi connectivity index (χ3n) is 4.05. The van der Waals surface area contributed by atoms with Gasteiger partial charge in [0.05, 0.1) is 6.10 Å². The van der Waals surface area contributed by atoms with Gasteiger partial charge >= 0.3 is 0 Å². The lowest BCUT2D eigenvalue weighted by Crippen LogP contribution is -2.45. The summed E-state index contributed by atoms with van der Waals surface area (Å²) in [5.74, 6) is 0.802. The van der Waals surface area contributed by atoms with Crippen LogP contribution in [0.1, 0.15) is 32.3 Å². The predicted octanol–water partition coefficient (Wildman–Crippen LogP) is 2.96. The first-order chi connectivity index (χ1) is 10.5. The Labute approximate surface area is 138 Å². The molecule has 4 nitrogen and oxygen atoms in total. The summed E-state index contributed by atoms with van der Waals surface area (Å²) in [7, 11) is 1.79. The maximum absolute atomic E-state index is 6.32. The highest BCUT2D eigenvalue weighted by atomic mass is 35.5. The summed E-state index contributed by atoms with van der Waals surface area (Å²) in [5, 5.41) is 7.52. The van der Waals surface area contributed by atoms with Crippen LogP contribution < -0.4 is 10.6 Å². The molecule has 1 saturated heterocycles. The summed E-state index contributed by atoms with van der Waals surface area (Å²) < 4.78 is 5.62. The number of guanidine groups is 1. The molecule has 22 heavy (non-hydrogen) atoms. The Hall–Kier alpha value is -1.26. The number of aliphatic imine (C=N–C) groups is 1. The molecule has 1 aromatic carbocycles. The fourth-order valence-corrected chi connectivity index (χ4v) is 3.04. The van der Waals surface area contributed by atoms with Crippen LogP contribution in [0, 0.1) is 0 Å². The molecule has 0 radical (unpaired) electrons. The van der Waals surface area contributed by atoms with Gasteiger partial charge in [0, 0.05) is 37.2 Å². The molecule has 5 heteroatoms. The van der Waals surface area contributed by atoms with E-state index in [4.69, 9.17) is 16.3 Å². The number of hydrogen-bond donors (Lipinski definition) is 2. The van der Waals surface area contributed by atoms with E-state index in [1.165, 1.54) is 0 Å². The number of hydrogen-bond acceptors (Lipinski definition) is 2. The third kappa shape index (κ3) is 4.62. The lowest BCUT2D eigenvalue weighted by atomic mass is 9.84. The Morgan fingerprint density at radius 2 is 2.14 bits per heavy atom. The minimum Gasteiger partial charge on any atom is -0.376 e. The van der Waals surface area contributed by atoms with Crippen LogP contribution in [0.4, 0.5) is 0 Å². The van der Waals surface area contributed by atoms with Gasteiger partial charge in [0.25, 0.3) is 0 Å². The summed E-state index contributed by atoms with van der Waals surface area (Å²) in [6.07, 6.45) is 2.57. The van der Waals surface area contributed by atoms with Crippen molar-refractivity contribution < 1.29 is 4.74 Å². The second-order valence-corrected chi connectivity index (χ2v) is 6.71. The van der Waals surface area contributed by atoms with E-state index in [0.717, 1.165) is 49.1 Å². The van der Waals surface area contributed by atoms with Gasteiger partial charge in [-0.15, -0.1) is 0 Å². The molecule has 1 aromatic rings. The van der Waals surface area contributed by atoms with E-state index >= 15 is 0 Å². The molecule has 2 rings (SSSR count). The van der Waals surface area contributed by atoms with E-state index in [0.29, 0.717) is 6.10 Å². The average Bonchev–Trinajstić information content (AvgIpc) is 3.01. The minimum atomic E-state index is -0.0835. The van der Waals surface area contributed by atoms with Crippen molar-refractivity contribution >= 4 is 17.6 Å². The van der Waals surface area contributed by atoms with Crippen molar-refractivity contribution in [3.63, 3.8) is 0 Å². The molecule has 122 valence electrons. The zero-order valence-corrected chi connectivity index (χ0v) is 14.4. The van der Waals surface area contributed by atoms with Crippen LogP contribution >= 0.6 is 11.6 Å². The lowest BCUT2D eigenvalue weighted by molar-refractivity contribution is 0.114. The van der Waals surface area contributed by atoms with E-state index in [2.05, 4.69) is 35.5 Å². The molecular weight excluding hydrogens is 298 g/mol. The van der Waals surface area contributed by atoms with E-state index < -0.39 is 0 Å². The summed E-state index contributed by atoms with van der Waals surface area (Å²) in [6, 6.07) is 7.99. The Kier molecular flexibility index (Phi) is 6.09. The van der Waals surface area contributed by atoms with Gasteiger partial charge in [0.2, 0.25) is 0 Å². The van der Waals surface area contributed by atoms with Crippen LogP contribution in [0.5, 0.6) is 0 Å². The zero-order valence-electron chi connectivity index (χ0n) is 13.7. The summed E-state index contributed by atoms with van der Waals surface area (Å²) in [6.45, 7) is 6.77. The fourth-order valence-electron chi connectivity index (χ4n) is 2.65. The number of nitrogens with one attached hydrogen (secondary N) is 2. The van der Waals surface area contributed by atoms with Crippen molar-refractivity contribution in [1.29, 1.82) is 0 Å². The molecule has 1 fully saturated rings. The lowest BCUT2D eigenvalue weighted by Gasteiger charge is -2.28. The molecule has 0 spiro atoms. The number of nitrogens with zero attached hydrogens (tertiary/aromatic N) is 1. The van der Waals surface area contributed by atoms with Crippen molar-refractivity contribution in [2.24, 2.45) is 4.99 Å². The van der Waals surface area contributed by atoms with Gasteiger partial charge in [0.15, 0.2) is 5.96 Å². The van der Waals surface area contributed by atoms with Crippen LogP contribution in [0.25, 0.3) is 0 Å². The van der Waals surface area contributed by atoms with Crippen LogP contribution in [0.2, 0.25) is 5.02 Å². The van der Waals surface area contributed by atoms with E-state index in [1.807, 2.05) is 18.2 Å². The second kappa shape index (κ2) is 7.84. The minimum absolute atomic E-state index is 0.0835. The molecule has 1 aliphatic rings. The van der Waals surface area contributed by atoms with Crippen molar-refractivity contribution in [3.8, 4) is 0 Å². The zero-order chi connectivity index (χ0) is 16.0. The Morgan fingerprint density at radius 3 is 2.77 bits per heavy atom. The number of halogens is 1. The predicted molar refractivity (Wildman–Crippen MR) is 92.8 cm³/mol. The second-order valence-electron chi connectivity index (χ2n) is 6.31. The first-order valence-electron chi connectivity index (χ1n) is 7.84. The standard InChI is InChI=1S/C17H26ClN3O/c1-17(2,14-8-4-5-9-15(14)18)12-21-16(19-3)20-11-13-7-6-10-22-13/h4-5,8-9,13H,6-7,10-12H2,1-3H3,(H2,19,20,21). The normalized spacial score (nSPS) is 19.3. The molecule has 0 bridgehead atoms. The first-order valence-corrected chi connectivity index (χ1v) is 8.22. The van der Waals surface area contributed by atoms with Gasteiger partial charge in [-0.2, -0.15) is 0 Å². The fraction of sp³-hybridized carbons (Fsp3) is 0.588. The van der Waals surface area contributed by atoms with Crippen molar-refractivity contribution in [2.45, 2.75) is 38.2 Å². The highest BCUT2D eigenvalue weighted by Crippen LogP contribution is 2.28. The molecular formula is C17H26ClN3O. The van der Waals surface area contributed by atoms with E-state index in [1.54, 1.807) is 7.05 Å². The Balaban J connectivity index is 1.87. The topological polar surface area (TPSA) is 45.7 Å². The molecule has 0 amide bonds. The van der Waals surface area contributed by atoms with Crippen LogP contribution in [-0.4, -0.2) is 38.8 Å². The summed E-state index contributed by atoms with van der Waals surface area (Å²) >= 11 is 6.32. The Morgan fingerprint density at radius 1 is 1.36 bits per heavy atom. The first kappa shape index (κ1) is 17.1. The molecule has 2 N–H and O–H groups in total. The third-order valence-corrected chi connectivity index (χ3v) is 4.38. The van der Waals surface area contributed by atoms with Crippen molar-refractivity contribution in [2.75, 3.05) is 26.7 Å². The van der Waals surface area contributed by atoms with Gasteiger partial charge in [0.1, 0.15) is 0 Å². The Bertz CT molecular complexity index is 510. The van der Waals surface area contributed by atoms with Gasteiger partial charge in [-0.05, 0) is 24.5 Å². The molecule has 0 aliphatic carbocycles. The molecule has 0 saturated carbocycles. The molecule has 0 aromatic heterocycles. The molecule has 1 heterocycles. The van der Waals surface area contributed by atoms with E-state index in [-0.39, 0.29) is 5.41 Å². The monoisotopic (exact) mass is 323 g/mol. The van der Waals surface area contributed by atoms with Gasteiger partial charge in [-0.3, -0.25) is 4.99 Å². The molecule has 1 unspecified atom stereocenters. The van der Waals surface area contributed by atoms with Gasteiger partial charge in [-0.25, -0.2) is 0 Å². The number of rotatable bonds is 5. The van der Waals surface area contributed by atoms with Gasteiger partial charge < -0.3 is 15.4 Å². The number of ether oxygens (including phenoxy) is 1.